The van der Waals surface area contributed by atoms with Crippen LogP contribution in [0.4, 0.5) is 0 Å². The maximum atomic E-state index is 9.28. The summed E-state index contributed by atoms with van der Waals surface area (Å²) in [5.74, 6) is 0. The SMILES string of the molecule is CC1(C)OB(c2cc(-c3ccccc3C#N)ccn2)OC1(C)C. The minimum Gasteiger partial charge on any atom is -0.398 e. The summed E-state index contributed by atoms with van der Waals surface area (Å²) >= 11 is 0. The number of nitrogens with zero attached hydrogens (tertiary/aromatic N) is 2. The molecule has 2 aromatic rings. The number of benzene rings is 1. The highest BCUT2D eigenvalue weighted by atomic mass is 16.7. The highest BCUT2D eigenvalue weighted by molar-refractivity contribution is 6.61. The maximum Gasteiger partial charge on any atom is 0.514 e. The van der Waals surface area contributed by atoms with E-state index in [-0.39, 0.29) is 0 Å². The van der Waals surface area contributed by atoms with Crippen LogP contribution in [0.25, 0.3) is 11.1 Å². The van der Waals surface area contributed by atoms with E-state index in [2.05, 4.69) is 11.1 Å². The quantitative estimate of drug-likeness (QED) is 0.801. The average molecular weight is 306 g/mol. The fraction of sp³-hybridized carbons (Fsp3) is 0.333. The minimum absolute atomic E-state index is 0.403. The molecule has 0 unspecified atom stereocenters. The second-order valence-corrected chi connectivity index (χ2v) is 6.72. The van der Waals surface area contributed by atoms with Crippen LogP contribution in [0.1, 0.15) is 33.3 Å². The molecule has 0 radical (unpaired) electrons. The van der Waals surface area contributed by atoms with Crippen LogP contribution in [0.15, 0.2) is 42.6 Å². The fourth-order valence-electron chi connectivity index (χ4n) is 2.54. The summed E-state index contributed by atoms with van der Waals surface area (Å²) in [5, 5.41) is 9.28. The van der Waals surface area contributed by atoms with E-state index in [9.17, 15) is 5.26 Å². The zero-order valence-electron chi connectivity index (χ0n) is 13.8. The molecule has 1 saturated heterocycles. The lowest BCUT2D eigenvalue weighted by Gasteiger charge is -2.32. The van der Waals surface area contributed by atoms with Crippen LogP contribution >= 0.6 is 0 Å². The van der Waals surface area contributed by atoms with Gasteiger partial charge in [-0.1, -0.05) is 18.2 Å². The molecule has 23 heavy (non-hydrogen) atoms. The topological polar surface area (TPSA) is 55.1 Å². The predicted molar refractivity (Wildman–Crippen MR) is 90.1 cm³/mol. The molecular weight excluding hydrogens is 287 g/mol. The first-order chi connectivity index (χ1) is 10.8. The van der Waals surface area contributed by atoms with E-state index in [0.29, 0.717) is 11.2 Å². The van der Waals surface area contributed by atoms with Crippen molar-refractivity contribution in [3.05, 3.63) is 48.2 Å². The molecule has 2 heterocycles. The Kier molecular flexibility index (Phi) is 3.75. The van der Waals surface area contributed by atoms with E-state index in [1.54, 1.807) is 6.20 Å². The van der Waals surface area contributed by atoms with Crippen molar-refractivity contribution in [3.63, 3.8) is 0 Å². The van der Waals surface area contributed by atoms with E-state index < -0.39 is 18.3 Å². The summed E-state index contributed by atoms with van der Waals surface area (Å²) in [4.78, 5) is 4.40. The second-order valence-electron chi connectivity index (χ2n) is 6.72. The van der Waals surface area contributed by atoms with Gasteiger partial charge in [-0.25, -0.2) is 0 Å². The zero-order valence-corrected chi connectivity index (χ0v) is 13.8. The van der Waals surface area contributed by atoms with E-state index in [4.69, 9.17) is 9.31 Å². The van der Waals surface area contributed by atoms with Gasteiger partial charge in [0.1, 0.15) is 0 Å². The van der Waals surface area contributed by atoms with Gasteiger partial charge in [-0.15, -0.1) is 0 Å². The van der Waals surface area contributed by atoms with Crippen molar-refractivity contribution in [2.45, 2.75) is 38.9 Å². The van der Waals surface area contributed by atoms with Crippen molar-refractivity contribution in [1.82, 2.24) is 4.98 Å². The van der Waals surface area contributed by atoms with E-state index in [0.717, 1.165) is 11.1 Å². The first-order valence-electron chi connectivity index (χ1n) is 7.65. The Balaban J connectivity index is 1.98. The van der Waals surface area contributed by atoms with Crippen molar-refractivity contribution < 1.29 is 9.31 Å². The maximum absolute atomic E-state index is 9.28. The molecule has 0 atom stereocenters. The van der Waals surface area contributed by atoms with E-state index in [1.165, 1.54) is 0 Å². The van der Waals surface area contributed by atoms with Crippen LogP contribution in [0.5, 0.6) is 0 Å². The summed E-state index contributed by atoms with van der Waals surface area (Å²) in [6, 6.07) is 13.6. The third-order valence-electron chi connectivity index (χ3n) is 4.63. The van der Waals surface area contributed by atoms with Gasteiger partial charge in [-0.2, -0.15) is 5.26 Å². The minimum atomic E-state index is -0.505. The number of rotatable bonds is 2. The average Bonchev–Trinajstić information content (AvgIpc) is 2.75. The lowest BCUT2D eigenvalue weighted by molar-refractivity contribution is 0.00578. The third kappa shape index (κ3) is 2.76. The Morgan fingerprint density at radius 2 is 1.70 bits per heavy atom. The second kappa shape index (κ2) is 5.49. The van der Waals surface area contributed by atoms with Gasteiger partial charge in [-0.3, -0.25) is 4.98 Å². The van der Waals surface area contributed by atoms with Crippen LogP contribution in [-0.2, 0) is 9.31 Å². The first-order valence-corrected chi connectivity index (χ1v) is 7.65. The Bertz CT molecular complexity index is 765. The molecule has 0 spiro atoms. The molecule has 0 amide bonds. The molecule has 1 aromatic carbocycles. The monoisotopic (exact) mass is 306 g/mol. The van der Waals surface area contributed by atoms with Crippen LogP contribution in [0.3, 0.4) is 0 Å². The van der Waals surface area contributed by atoms with Crippen LogP contribution in [-0.4, -0.2) is 23.3 Å². The van der Waals surface area contributed by atoms with Crippen molar-refractivity contribution in [1.29, 1.82) is 5.26 Å². The molecule has 0 N–H and O–H groups in total. The standard InChI is InChI=1S/C18H19BN2O2/c1-17(2)18(3,4)23-19(22-17)16-11-13(9-10-21-16)15-8-6-5-7-14(15)12-20/h5-11H,1-4H3. The van der Waals surface area contributed by atoms with Gasteiger partial charge in [0.25, 0.3) is 0 Å². The van der Waals surface area contributed by atoms with Crippen LogP contribution in [0, 0.1) is 11.3 Å². The van der Waals surface area contributed by atoms with Crippen molar-refractivity contribution in [2.24, 2.45) is 0 Å². The van der Waals surface area contributed by atoms with Crippen molar-refractivity contribution in [3.8, 4) is 17.2 Å². The van der Waals surface area contributed by atoms with Crippen LogP contribution in [0.2, 0.25) is 0 Å². The number of nitriles is 1. The number of aromatic nitrogens is 1. The van der Waals surface area contributed by atoms with Gasteiger partial charge >= 0.3 is 7.12 Å². The molecule has 4 nitrogen and oxygen atoms in total. The lowest BCUT2D eigenvalue weighted by atomic mass is 9.82. The van der Waals surface area contributed by atoms with Gasteiger partial charge in [0.05, 0.1) is 28.4 Å². The Hall–Kier alpha value is -2.16. The molecule has 0 bridgehead atoms. The Morgan fingerprint density at radius 1 is 1.04 bits per heavy atom. The third-order valence-corrected chi connectivity index (χ3v) is 4.63. The molecule has 1 aromatic heterocycles. The molecule has 1 aliphatic rings. The van der Waals surface area contributed by atoms with Gasteiger partial charge in [0.15, 0.2) is 0 Å². The molecule has 0 saturated carbocycles. The predicted octanol–water partition coefficient (Wildman–Crippen LogP) is 2.92. The summed E-state index contributed by atoms with van der Waals surface area (Å²) in [6.45, 7) is 8.06. The van der Waals surface area contributed by atoms with Gasteiger partial charge in [0, 0.05) is 6.20 Å². The summed E-state index contributed by atoms with van der Waals surface area (Å²) < 4.78 is 12.1. The molecule has 1 aliphatic heterocycles. The van der Waals surface area contributed by atoms with Crippen LogP contribution < -0.4 is 5.59 Å². The summed E-state index contributed by atoms with van der Waals surface area (Å²) in [6.07, 6.45) is 1.73. The fourth-order valence-corrected chi connectivity index (χ4v) is 2.54. The summed E-state index contributed by atoms with van der Waals surface area (Å²) in [7, 11) is -0.505. The molecule has 5 heteroatoms. The van der Waals surface area contributed by atoms with Gasteiger partial charge in [-0.05, 0) is 57.0 Å². The highest BCUT2D eigenvalue weighted by Gasteiger charge is 2.52. The Morgan fingerprint density at radius 3 is 2.35 bits per heavy atom. The lowest BCUT2D eigenvalue weighted by Crippen LogP contribution is -2.41. The number of hydrogen-bond acceptors (Lipinski definition) is 4. The van der Waals surface area contributed by atoms with E-state index >= 15 is 0 Å². The molecule has 116 valence electrons. The normalized spacial score (nSPS) is 18.7. The van der Waals surface area contributed by atoms with E-state index in [1.807, 2.05) is 64.1 Å². The molecule has 0 aliphatic carbocycles. The summed E-state index contributed by atoms with van der Waals surface area (Å²) in [5.41, 5.74) is 2.37. The number of pyridine rings is 1. The Labute approximate surface area is 137 Å². The van der Waals surface area contributed by atoms with Gasteiger partial charge < -0.3 is 9.31 Å². The number of hydrogen-bond donors (Lipinski definition) is 0. The smallest absolute Gasteiger partial charge is 0.398 e. The van der Waals surface area contributed by atoms with Crippen molar-refractivity contribution >= 4 is 12.7 Å². The van der Waals surface area contributed by atoms with Crippen molar-refractivity contribution in [2.75, 3.05) is 0 Å². The zero-order chi connectivity index (χ0) is 16.7. The molecule has 1 fully saturated rings. The first kappa shape index (κ1) is 15.7. The molecule has 3 rings (SSSR count). The largest absolute Gasteiger partial charge is 0.514 e. The molecular formula is C18H19BN2O2. The highest BCUT2D eigenvalue weighted by Crippen LogP contribution is 2.36. The van der Waals surface area contributed by atoms with Gasteiger partial charge in [0.2, 0.25) is 0 Å².